The van der Waals surface area contributed by atoms with Gasteiger partial charge in [-0.05, 0) is 35.0 Å². The van der Waals surface area contributed by atoms with Crippen LogP contribution in [0, 0.1) is 0 Å². The van der Waals surface area contributed by atoms with E-state index in [1.807, 2.05) is 0 Å². The van der Waals surface area contributed by atoms with Gasteiger partial charge < -0.3 is 10.1 Å². The first-order valence-electron chi connectivity index (χ1n) is 4.98. The second-order valence-corrected chi connectivity index (χ2v) is 5.34. The lowest BCUT2D eigenvalue weighted by atomic mass is 10.1. The maximum absolute atomic E-state index is 12.5. The molecule has 0 aromatic heterocycles. The van der Waals surface area contributed by atoms with Crippen molar-refractivity contribution in [2.75, 3.05) is 12.4 Å². The third-order valence-electron chi connectivity index (χ3n) is 2.21. The van der Waals surface area contributed by atoms with Crippen molar-refractivity contribution >= 4 is 43.5 Å². The van der Waals surface area contributed by atoms with Crippen LogP contribution in [0.1, 0.15) is 17.3 Å². The molecule has 7 heteroatoms. The first kappa shape index (κ1) is 15.4. The number of alkyl halides is 2. The normalized spacial score (nSPS) is 12.4. The van der Waals surface area contributed by atoms with E-state index in [2.05, 4.69) is 41.9 Å². The van der Waals surface area contributed by atoms with Crippen LogP contribution in [-0.2, 0) is 4.74 Å². The summed E-state index contributed by atoms with van der Waals surface area (Å²) in [6, 6.07) is 2.09. The number of benzene rings is 1. The molecule has 0 aliphatic heterocycles. The number of methoxy groups -OCH3 is 1. The molecule has 1 unspecified atom stereocenters. The van der Waals surface area contributed by atoms with E-state index in [-0.39, 0.29) is 11.3 Å². The minimum Gasteiger partial charge on any atom is -0.465 e. The van der Waals surface area contributed by atoms with Gasteiger partial charge in [0.25, 0.3) is 6.43 Å². The van der Waals surface area contributed by atoms with Crippen LogP contribution in [-0.4, -0.2) is 25.5 Å². The molecule has 18 heavy (non-hydrogen) atoms. The van der Waals surface area contributed by atoms with Crippen molar-refractivity contribution in [3.8, 4) is 0 Å². The second-order valence-electron chi connectivity index (χ2n) is 3.57. The number of ether oxygens (including phenoxy) is 1. The molecule has 1 rings (SSSR count). The zero-order valence-corrected chi connectivity index (χ0v) is 12.8. The van der Waals surface area contributed by atoms with Crippen LogP contribution >= 0.6 is 31.9 Å². The third-order valence-corrected chi connectivity index (χ3v) is 3.29. The number of nitrogens with one attached hydrogen (secondary N) is 1. The van der Waals surface area contributed by atoms with Crippen molar-refractivity contribution in [1.82, 2.24) is 0 Å². The summed E-state index contributed by atoms with van der Waals surface area (Å²) in [5, 5.41) is 2.60. The Bertz CT molecular complexity index is 455. The van der Waals surface area contributed by atoms with Crippen molar-refractivity contribution in [2.24, 2.45) is 0 Å². The van der Waals surface area contributed by atoms with Crippen LogP contribution in [0.2, 0.25) is 0 Å². The van der Waals surface area contributed by atoms with Crippen LogP contribution < -0.4 is 5.32 Å². The van der Waals surface area contributed by atoms with E-state index < -0.39 is 18.4 Å². The topological polar surface area (TPSA) is 38.3 Å². The number of anilines is 1. The van der Waals surface area contributed by atoms with Crippen LogP contribution in [0.25, 0.3) is 0 Å². The molecule has 0 saturated carbocycles. The summed E-state index contributed by atoms with van der Waals surface area (Å²) in [6.07, 6.45) is -2.54. The molecule has 0 bridgehead atoms. The van der Waals surface area contributed by atoms with Crippen molar-refractivity contribution in [2.45, 2.75) is 19.4 Å². The molecular formula is C11H11Br2F2NO2. The summed E-state index contributed by atoms with van der Waals surface area (Å²) in [6.45, 7) is 1.33. The van der Waals surface area contributed by atoms with Gasteiger partial charge in [0.2, 0.25) is 0 Å². The number of hydrogen-bond donors (Lipinski definition) is 1. The Hall–Kier alpha value is -0.690. The minimum atomic E-state index is -2.54. The fourth-order valence-electron chi connectivity index (χ4n) is 1.28. The molecule has 1 aromatic carbocycles. The van der Waals surface area contributed by atoms with Gasteiger partial charge in [-0.2, -0.15) is 0 Å². The minimum absolute atomic E-state index is 0.186. The van der Waals surface area contributed by atoms with E-state index in [1.165, 1.54) is 20.1 Å². The maximum Gasteiger partial charge on any atom is 0.340 e. The van der Waals surface area contributed by atoms with Gasteiger partial charge in [-0.3, -0.25) is 0 Å². The average Bonchev–Trinajstić information content (AvgIpc) is 2.30. The smallest absolute Gasteiger partial charge is 0.340 e. The molecule has 0 aliphatic carbocycles. The third kappa shape index (κ3) is 3.65. The van der Waals surface area contributed by atoms with Gasteiger partial charge in [-0.1, -0.05) is 15.9 Å². The molecule has 0 saturated heterocycles. The van der Waals surface area contributed by atoms with Crippen molar-refractivity contribution < 1.29 is 18.3 Å². The number of esters is 1. The van der Waals surface area contributed by atoms with Gasteiger partial charge in [-0.25, -0.2) is 13.6 Å². The van der Waals surface area contributed by atoms with E-state index in [0.717, 1.165) is 0 Å². The number of carbonyl (C=O) groups excluding carboxylic acids is 1. The Kier molecular flexibility index (Phi) is 5.52. The van der Waals surface area contributed by atoms with E-state index in [4.69, 9.17) is 0 Å². The van der Waals surface area contributed by atoms with Gasteiger partial charge in [0, 0.05) is 8.95 Å². The fourth-order valence-corrected chi connectivity index (χ4v) is 2.62. The lowest BCUT2D eigenvalue weighted by molar-refractivity contribution is 0.0601. The Balaban J connectivity index is 3.19. The Morgan fingerprint density at radius 2 is 2.00 bits per heavy atom. The molecule has 3 nitrogen and oxygen atoms in total. The van der Waals surface area contributed by atoms with Crippen molar-refractivity contribution in [3.63, 3.8) is 0 Å². The molecule has 0 spiro atoms. The standard InChI is InChI=1S/C11H11Br2F2NO2/c1-5(10(14)15)16-9-7(11(17)18-2)3-6(12)4-8(9)13/h3-5,10,16H,1-2H3. The Morgan fingerprint density at radius 1 is 1.39 bits per heavy atom. The average molecular weight is 387 g/mol. The molecule has 0 radical (unpaired) electrons. The SMILES string of the molecule is COC(=O)c1cc(Br)cc(Br)c1NC(C)C(F)F. The number of rotatable bonds is 4. The first-order chi connectivity index (χ1) is 8.36. The summed E-state index contributed by atoms with van der Waals surface area (Å²) < 4.78 is 30.8. The second kappa shape index (κ2) is 6.47. The van der Waals surface area contributed by atoms with Crippen LogP contribution in [0.3, 0.4) is 0 Å². The predicted molar refractivity (Wildman–Crippen MR) is 72.3 cm³/mol. The molecule has 0 fully saturated rings. The van der Waals surface area contributed by atoms with Crippen molar-refractivity contribution in [1.29, 1.82) is 0 Å². The number of hydrogen-bond acceptors (Lipinski definition) is 3. The van der Waals surface area contributed by atoms with E-state index in [0.29, 0.717) is 8.95 Å². The molecule has 0 amide bonds. The lowest BCUT2D eigenvalue weighted by Crippen LogP contribution is -2.25. The highest BCUT2D eigenvalue weighted by Crippen LogP contribution is 2.32. The molecule has 1 N–H and O–H groups in total. The predicted octanol–water partition coefficient (Wildman–Crippen LogP) is 4.06. The zero-order valence-electron chi connectivity index (χ0n) is 9.64. The van der Waals surface area contributed by atoms with Gasteiger partial charge in [-0.15, -0.1) is 0 Å². The van der Waals surface area contributed by atoms with Crippen LogP contribution in [0.5, 0.6) is 0 Å². The Morgan fingerprint density at radius 3 is 2.50 bits per heavy atom. The molecule has 1 aromatic rings. The largest absolute Gasteiger partial charge is 0.465 e. The summed E-state index contributed by atoms with van der Waals surface area (Å²) in [4.78, 5) is 11.6. The monoisotopic (exact) mass is 385 g/mol. The van der Waals surface area contributed by atoms with E-state index >= 15 is 0 Å². The zero-order chi connectivity index (χ0) is 13.9. The summed E-state index contributed by atoms with van der Waals surface area (Å²) in [7, 11) is 1.23. The Labute approximate surface area is 120 Å². The van der Waals surface area contributed by atoms with Crippen molar-refractivity contribution in [3.05, 3.63) is 26.6 Å². The molecule has 0 aliphatic rings. The summed E-state index contributed by atoms with van der Waals surface area (Å²) >= 11 is 6.45. The lowest BCUT2D eigenvalue weighted by Gasteiger charge is -2.18. The molecule has 1 atom stereocenters. The van der Waals surface area contributed by atoms with E-state index in [9.17, 15) is 13.6 Å². The summed E-state index contributed by atoms with van der Waals surface area (Å²) in [5.74, 6) is -0.596. The quantitative estimate of drug-likeness (QED) is 0.793. The van der Waals surface area contributed by atoms with E-state index in [1.54, 1.807) is 6.07 Å². The fraction of sp³-hybridized carbons (Fsp3) is 0.364. The highest BCUT2D eigenvalue weighted by atomic mass is 79.9. The molecular weight excluding hydrogens is 376 g/mol. The molecule has 0 heterocycles. The molecule has 100 valence electrons. The van der Waals surface area contributed by atoms with Gasteiger partial charge in [0.05, 0.1) is 24.4 Å². The van der Waals surface area contributed by atoms with Crippen LogP contribution in [0.15, 0.2) is 21.1 Å². The number of carbonyl (C=O) groups is 1. The maximum atomic E-state index is 12.5. The highest BCUT2D eigenvalue weighted by Gasteiger charge is 2.21. The van der Waals surface area contributed by atoms with Gasteiger partial charge >= 0.3 is 5.97 Å². The number of halogens is 4. The van der Waals surface area contributed by atoms with Gasteiger partial charge in [0.1, 0.15) is 0 Å². The first-order valence-corrected chi connectivity index (χ1v) is 6.57. The highest BCUT2D eigenvalue weighted by molar-refractivity contribution is 9.11. The summed E-state index contributed by atoms with van der Waals surface area (Å²) in [5.41, 5.74) is 0.476. The van der Waals surface area contributed by atoms with Gasteiger partial charge in [0.15, 0.2) is 0 Å². The van der Waals surface area contributed by atoms with Crippen LogP contribution in [0.4, 0.5) is 14.5 Å².